The van der Waals surface area contributed by atoms with Gasteiger partial charge in [-0.2, -0.15) is 0 Å². The first kappa shape index (κ1) is 14.3. The van der Waals surface area contributed by atoms with Gasteiger partial charge in [0.25, 0.3) is 0 Å². The topological polar surface area (TPSA) is 46.6 Å². The predicted octanol–water partition coefficient (Wildman–Crippen LogP) is 2.94. The Morgan fingerprint density at radius 2 is 2.21 bits per heavy atom. The number of benzene rings is 1. The molecule has 1 aromatic rings. The molecule has 0 aromatic heterocycles. The predicted molar refractivity (Wildman–Crippen MR) is 76.4 cm³/mol. The van der Waals surface area contributed by atoms with Gasteiger partial charge in [0, 0.05) is 22.5 Å². The number of methoxy groups -OCH3 is 1. The van der Waals surface area contributed by atoms with Gasteiger partial charge in [-0.15, -0.1) is 0 Å². The van der Waals surface area contributed by atoms with Crippen LogP contribution in [-0.2, 0) is 14.3 Å². The Kier molecular flexibility index (Phi) is 4.16. The number of carbonyl (C=O) groups is 2. The fourth-order valence-electron chi connectivity index (χ4n) is 2.11. The van der Waals surface area contributed by atoms with Crippen molar-refractivity contribution in [1.82, 2.24) is 0 Å². The van der Waals surface area contributed by atoms with Gasteiger partial charge in [0.05, 0.1) is 18.7 Å². The highest BCUT2D eigenvalue weighted by molar-refractivity contribution is 9.10. The molecule has 1 amide bonds. The number of ether oxygens (including phenoxy) is 1. The molecule has 0 radical (unpaired) electrons. The van der Waals surface area contributed by atoms with Crippen molar-refractivity contribution in [3.8, 4) is 0 Å². The summed E-state index contributed by atoms with van der Waals surface area (Å²) >= 11 is 9.51. The van der Waals surface area contributed by atoms with Crippen LogP contribution in [0.2, 0.25) is 5.02 Å². The number of nitrogens with zero attached hydrogens (tertiary/aromatic N) is 1. The van der Waals surface area contributed by atoms with Gasteiger partial charge in [-0.1, -0.05) is 11.6 Å². The van der Waals surface area contributed by atoms with Crippen molar-refractivity contribution in [2.24, 2.45) is 5.92 Å². The minimum atomic E-state index is -0.413. The smallest absolute Gasteiger partial charge is 0.311 e. The van der Waals surface area contributed by atoms with Crippen molar-refractivity contribution in [3.63, 3.8) is 0 Å². The first-order chi connectivity index (χ1) is 8.93. The number of amides is 1. The first-order valence-corrected chi connectivity index (χ1v) is 6.95. The van der Waals surface area contributed by atoms with Crippen LogP contribution in [0.5, 0.6) is 0 Å². The number of hydrogen-bond donors (Lipinski definition) is 0. The molecule has 2 rings (SSSR count). The third kappa shape index (κ3) is 2.77. The highest BCUT2D eigenvalue weighted by atomic mass is 79.9. The lowest BCUT2D eigenvalue weighted by Crippen LogP contribution is -2.26. The lowest BCUT2D eigenvalue weighted by atomic mass is 10.1. The molecule has 1 fully saturated rings. The molecular weight excluding hydrogens is 334 g/mol. The van der Waals surface area contributed by atoms with Gasteiger partial charge in [-0.25, -0.2) is 0 Å². The molecule has 19 heavy (non-hydrogen) atoms. The van der Waals surface area contributed by atoms with E-state index in [1.165, 1.54) is 7.11 Å². The molecule has 1 heterocycles. The highest BCUT2D eigenvalue weighted by Crippen LogP contribution is 2.35. The number of rotatable bonds is 2. The number of halogens is 2. The van der Waals surface area contributed by atoms with Gasteiger partial charge >= 0.3 is 5.97 Å². The van der Waals surface area contributed by atoms with E-state index in [0.29, 0.717) is 17.3 Å². The Bertz CT molecular complexity index is 547. The second-order valence-electron chi connectivity index (χ2n) is 4.48. The van der Waals surface area contributed by atoms with Gasteiger partial charge in [0.1, 0.15) is 0 Å². The second-order valence-corrected chi connectivity index (χ2v) is 5.74. The SMILES string of the molecule is COC(=O)C1CC(=O)N(c2cc(Cl)c(C)cc2Br)C1. The van der Waals surface area contributed by atoms with E-state index in [2.05, 4.69) is 20.7 Å². The molecule has 0 spiro atoms. The Labute approximate surface area is 124 Å². The molecule has 0 N–H and O–H groups in total. The summed E-state index contributed by atoms with van der Waals surface area (Å²) in [5.74, 6) is -0.870. The summed E-state index contributed by atoms with van der Waals surface area (Å²) in [6.45, 7) is 2.21. The minimum Gasteiger partial charge on any atom is -0.469 e. The van der Waals surface area contributed by atoms with Crippen LogP contribution in [-0.4, -0.2) is 25.5 Å². The number of carbonyl (C=O) groups excluding carboxylic acids is 2. The lowest BCUT2D eigenvalue weighted by Gasteiger charge is -2.19. The van der Waals surface area contributed by atoms with Crippen LogP contribution in [0.25, 0.3) is 0 Å². The molecule has 6 heteroatoms. The van der Waals surface area contributed by atoms with Crippen molar-refractivity contribution in [2.45, 2.75) is 13.3 Å². The fourth-order valence-corrected chi connectivity index (χ4v) is 2.94. The Balaban J connectivity index is 2.30. The van der Waals surface area contributed by atoms with Crippen LogP contribution >= 0.6 is 27.5 Å². The summed E-state index contributed by atoms with van der Waals surface area (Å²) in [5, 5.41) is 0.590. The van der Waals surface area contributed by atoms with Crippen molar-refractivity contribution in [3.05, 3.63) is 27.2 Å². The zero-order valence-corrected chi connectivity index (χ0v) is 12.9. The van der Waals surface area contributed by atoms with E-state index >= 15 is 0 Å². The quantitative estimate of drug-likeness (QED) is 0.774. The van der Waals surface area contributed by atoms with Gasteiger partial charge in [-0.3, -0.25) is 9.59 Å². The number of esters is 1. The summed E-state index contributed by atoms with van der Waals surface area (Å²) in [7, 11) is 1.33. The summed E-state index contributed by atoms with van der Waals surface area (Å²) in [5.41, 5.74) is 1.61. The highest BCUT2D eigenvalue weighted by Gasteiger charge is 2.36. The Hall–Kier alpha value is -1.07. The molecule has 1 aliphatic heterocycles. The van der Waals surface area contributed by atoms with Crippen molar-refractivity contribution >= 4 is 45.1 Å². The third-order valence-electron chi connectivity index (χ3n) is 3.18. The second kappa shape index (κ2) is 5.51. The van der Waals surface area contributed by atoms with Gasteiger partial charge < -0.3 is 9.64 Å². The van der Waals surface area contributed by atoms with Crippen molar-refractivity contribution < 1.29 is 14.3 Å². The van der Waals surface area contributed by atoms with E-state index in [1.807, 2.05) is 13.0 Å². The molecular formula is C13H13BrClNO3. The fraction of sp³-hybridized carbons (Fsp3) is 0.385. The van der Waals surface area contributed by atoms with E-state index < -0.39 is 5.92 Å². The molecule has 0 aliphatic carbocycles. The van der Waals surface area contributed by atoms with Crippen LogP contribution in [0.15, 0.2) is 16.6 Å². The van der Waals surface area contributed by atoms with E-state index in [4.69, 9.17) is 11.6 Å². The van der Waals surface area contributed by atoms with E-state index in [0.717, 1.165) is 10.0 Å². The zero-order chi connectivity index (χ0) is 14.2. The first-order valence-electron chi connectivity index (χ1n) is 5.78. The summed E-state index contributed by atoms with van der Waals surface area (Å²) in [6, 6.07) is 3.59. The molecule has 1 unspecified atom stereocenters. The van der Waals surface area contributed by atoms with Crippen LogP contribution in [0, 0.1) is 12.8 Å². The Morgan fingerprint density at radius 3 is 2.84 bits per heavy atom. The summed E-state index contributed by atoms with van der Waals surface area (Å²) in [4.78, 5) is 25.1. The summed E-state index contributed by atoms with van der Waals surface area (Å²) in [6.07, 6.45) is 0.171. The number of anilines is 1. The van der Waals surface area contributed by atoms with Crippen LogP contribution < -0.4 is 4.90 Å². The van der Waals surface area contributed by atoms with E-state index in [1.54, 1.807) is 11.0 Å². The average Bonchev–Trinajstić information content (AvgIpc) is 2.75. The van der Waals surface area contributed by atoms with E-state index in [9.17, 15) is 9.59 Å². The van der Waals surface area contributed by atoms with Gasteiger partial charge in [-0.05, 0) is 40.5 Å². The molecule has 102 valence electrons. The Morgan fingerprint density at radius 1 is 1.53 bits per heavy atom. The molecule has 1 atom stereocenters. The maximum atomic E-state index is 12.0. The van der Waals surface area contributed by atoms with Crippen molar-refractivity contribution in [2.75, 3.05) is 18.6 Å². The van der Waals surface area contributed by atoms with Crippen LogP contribution in [0.4, 0.5) is 5.69 Å². The standard InChI is InChI=1S/C13H13BrClNO3/c1-7-3-9(14)11(5-10(7)15)16-6-8(4-12(16)17)13(18)19-2/h3,5,8H,4,6H2,1-2H3. The molecule has 1 aromatic carbocycles. The van der Waals surface area contributed by atoms with Crippen molar-refractivity contribution in [1.29, 1.82) is 0 Å². The number of aryl methyl sites for hydroxylation is 1. The normalized spacial score (nSPS) is 18.8. The minimum absolute atomic E-state index is 0.101. The van der Waals surface area contributed by atoms with Crippen LogP contribution in [0.1, 0.15) is 12.0 Å². The molecule has 0 saturated carbocycles. The van der Waals surface area contributed by atoms with Gasteiger partial charge in [0.15, 0.2) is 0 Å². The maximum Gasteiger partial charge on any atom is 0.311 e. The zero-order valence-electron chi connectivity index (χ0n) is 10.6. The number of hydrogen-bond acceptors (Lipinski definition) is 3. The molecule has 1 aliphatic rings. The van der Waals surface area contributed by atoms with Gasteiger partial charge in [0.2, 0.25) is 5.91 Å². The third-order valence-corrected chi connectivity index (χ3v) is 4.22. The monoisotopic (exact) mass is 345 g/mol. The molecule has 0 bridgehead atoms. The molecule has 4 nitrogen and oxygen atoms in total. The maximum absolute atomic E-state index is 12.0. The van der Waals surface area contributed by atoms with E-state index in [-0.39, 0.29) is 18.3 Å². The average molecular weight is 347 g/mol. The lowest BCUT2D eigenvalue weighted by molar-refractivity contribution is -0.145. The van der Waals surface area contributed by atoms with Crippen LogP contribution in [0.3, 0.4) is 0 Å². The largest absolute Gasteiger partial charge is 0.469 e. The molecule has 1 saturated heterocycles. The summed E-state index contributed by atoms with van der Waals surface area (Å²) < 4.78 is 5.47.